The van der Waals surface area contributed by atoms with E-state index in [0.717, 1.165) is 16.5 Å². The Kier molecular flexibility index (Phi) is 10.3. The predicted molar refractivity (Wildman–Crippen MR) is 130 cm³/mol. The van der Waals surface area contributed by atoms with Gasteiger partial charge >= 0.3 is 12.1 Å². The minimum absolute atomic E-state index is 0.108. The Morgan fingerprint density at radius 3 is 2.55 bits per heavy atom. The number of aliphatic hydroxyl groups is 1. The Labute approximate surface area is 198 Å². The van der Waals surface area contributed by atoms with Gasteiger partial charge in [0, 0.05) is 22.1 Å². The van der Waals surface area contributed by atoms with Gasteiger partial charge in [0.2, 0.25) is 0 Å². The van der Waals surface area contributed by atoms with Gasteiger partial charge in [-0.25, -0.2) is 9.59 Å². The van der Waals surface area contributed by atoms with Crippen molar-refractivity contribution in [2.45, 2.75) is 37.7 Å². The summed E-state index contributed by atoms with van der Waals surface area (Å²) in [6.45, 7) is 3.98. The number of carboxylic acid groups (broad SMARTS) is 1. The van der Waals surface area contributed by atoms with Crippen molar-refractivity contribution in [3.8, 4) is 5.75 Å². The molecule has 3 N–H and O–H groups in total. The lowest BCUT2D eigenvalue weighted by atomic mass is 9.78. The summed E-state index contributed by atoms with van der Waals surface area (Å²) in [6.07, 6.45) is 4.56. The molecule has 8 heteroatoms. The highest BCUT2D eigenvalue weighted by Gasteiger charge is 2.34. The Balaban J connectivity index is 2.23. The smallest absolute Gasteiger partial charge is 0.412 e. The summed E-state index contributed by atoms with van der Waals surface area (Å²) in [5.41, 5.74) is 0.850. The third-order valence-corrected chi connectivity index (χ3v) is 5.75. The van der Waals surface area contributed by atoms with E-state index in [2.05, 4.69) is 5.32 Å². The van der Waals surface area contributed by atoms with Gasteiger partial charge in [-0.1, -0.05) is 32.1 Å². The first-order valence-electron chi connectivity index (χ1n) is 10.6. The number of hydrogen-bond acceptors (Lipinski definition) is 6. The molecule has 0 unspecified atom stereocenters. The van der Waals surface area contributed by atoms with Crippen molar-refractivity contribution in [3.05, 3.63) is 66.2 Å². The first-order chi connectivity index (χ1) is 15.7. The second-order valence-corrected chi connectivity index (χ2v) is 8.93. The van der Waals surface area contributed by atoms with Gasteiger partial charge in [-0.05, 0) is 61.1 Å². The Morgan fingerprint density at radius 2 is 1.91 bits per heavy atom. The molecule has 0 heterocycles. The monoisotopic (exact) mass is 473 g/mol. The fourth-order valence-electron chi connectivity index (χ4n) is 3.31. The number of benzene rings is 2. The third-order valence-electron chi connectivity index (χ3n) is 5.01. The minimum Gasteiger partial charge on any atom is -0.491 e. The number of rotatable bonds is 12. The van der Waals surface area contributed by atoms with Crippen LogP contribution in [-0.4, -0.2) is 41.7 Å². The summed E-state index contributed by atoms with van der Waals surface area (Å²) in [4.78, 5) is 24.6. The van der Waals surface area contributed by atoms with Crippen LogP contribution in [0.1, 0.15) is 38.4 Å². The number of hydrogen-bond donors (Lipinski definition) is 3. The SMILES string of the molecule is CSc1ccc(NC(=O)O[C@@H](c2cccc(OCCO)c2)C(C)(C)CC/C=C/C(=O)O)cc1. The number of allylic oxidation sites excluding steroid dienone is 1. The fraction of sp³-hybridized carbons (Fsp3) is 0.360. The zero-order valence-corrected chi connectivity index (χ0v) is 19.9. The molecule has 178 valence electrons. The standard InChI is InChI=1S/C25H31NO6S/c1-25(2,14-5-4-9-22(28)29)23(18-7-6-8-20(17-18)31-16-15-27)32-24(30)26-19-10-12-21(33-3)13-11-19/h4,6-13,17,23,27H,5,14-16H2,1-3H3,(H,26,30)(H,28,29)/b9-4+/t23-/m0/s1. The highest BCUT2D eigenvalue weighted by atomic mass is 32.2. The number of nitrogens with one attached hydrogen (secondary N) is 1. The van der Waals surface area contributed by atoms with E-state index in [1.54, 1.807) is 36.0 Å². The lowest BCUT2D eigenvalue weighted by Gasteiger charge is -2.34. The molecule has 1 atom stereocenters. The van der Waals surface area contributed by atoms with Gasteiger partial charge in [0.15, 0.2) is 0 Å². The lowest BCUT2D eigenvalue weighted by Crippen LogP contribution is -2.29. The third kappa shape index (κ3) is 8.82. The zero-order valence-electron chi connectivity index (χ0n) is 19.1. The summed E-state index contributed by atoms with van der Waals surface area (Å²) in [7, 11) is 0. The van der Waals surface area contributed by atoms with Crippen LogP contribution in [0.3, 0.4) is 0 Å². The number of carbonyl (C=O) groups excluding carboxylic acids is 1. The fourth-order valence-corrected chi connectivity index (χ4v) is 3.72. The van der Waals surface area contributed by atoms with Crippen molar-refractivity contribution >= 4 is 29.5 Å². The number of ether oxygens (including phenoxy) is 2. The Hall–Kier alpha value is -2.97. The molecule has 0 aliphatic carbocycles. The van der Waals surface area contributed by atoms with Crippen LogP contribution >= 0.6 is 11.8 Å². The molecule has 33 heavy (non-hydrogen) atoms. The van der Waals surface area contributed by atoms with E-state index in [-0.39, 0.29) is 13.2 Å². The Morgan fingerprint density at radius 1 is 1.18 bits per heavy atom. The molecule has 0 radical (unpaired) electrons. The molecule has 0 aromatic heterocycles. The van der Waals surface area contributed by atoms with Gasteiger partial charge < -0.3 is 19.7 Å². The number of aliphatic carboxylic acids is 1. The average Bonchev–Trinajstić information content (AvgIpc) is 2.79. The van der Waals surface area contributed by atoms with Gasteiger partial charge in [-0.3, -0.25) is 5.32 Å². The van der Waals surface area contributed by atoms with Crippen LogP contribution < -0.4 is 10.1 Å². The van der Waals surface area contributed by atoms with Crippen LogP contribution in [0.5, 0.6) is 5.75 Å². The van der Waals surface area contributed by atoms with E-state index in [4.69, 9.17) is 19.7 Å². The van der Waals surface area contributed by atoms with E-state index in [0.29, 0.717) is 24.3 Å². The van der Waals surface area contributed by atoms with Crippen molar-refractivity contribution < 1.29 is 29.3 Å². The average molecular weight is 474 g/mol. The van der Waals surface area contributed by atoms with Crippen LogP contribution in [0, 0.1) is 5.41 Å². The molecule has 0 aliphatic heterocycles. The molecule has 0 fully saturated rings. The number of amides is 1. The topological polar surface area (TPSA) is 105 Å². The number of carbonyl (C=O) groups is 2. The summed E-state index contributed by atoms with van der Waals surface area (Å²) >= 11 is 1.61. The van der Waals surface area contributed by atoms with Crippen molar-refractivity contribution in [1.29, 1.82) is 0 Å². The first kappa shape index (κ1) is 26.3. The highest BCUT2D eigenvalue weighted by molar-refractivity contribution is 7.98. The van der Waals surface area contributed by atoms with Crippen molar-refractivity contribution in [3.63, 3.8) is 0 Å². The van der Waals surface area contributed by atoms with Crippen LogP contribution in [0.4, 0.5) is 10.5 Å². The van der Waals surface area contributed by atoms with Crippen molar-refractivity contribution in [1.82, 2.24) is 0 Å². The molecule has 1 amide bonds. The van der Waals surface area contributed by atoms with Crippen LogP contribution in [0.2, 0.25) is 0 Å². The molecule has 0 aliphatic rings. The Bertz CT molecular complexity index is 942. The van der Waals surface area contributed by atoms with Gasteiger partial charge in [-0.2, -0.15) is 0 Å². The molecule has 0 spiro atoms. The maximum atomic E-state index is 12.8. The van der Waals surface area contributed by atoms with E-state index in [9.17, 15) is 9.59 Å². The summed E-state index contributed by atoms with van der Waals surface area (Å²) in [6, 6.07) is 14.7. The van der Waals surface area contributed by atoms with E-state index in [1.807, 2.05) is 50.4 Å². The molecule has 2 aromatic rings. The van der Waals surface area contributed by atoms with Crippen molar-refractivity contribution in [2.75, 3.05) is 24.8 Å². The molecule has 2 aromatic carbocycles. The molecule has 0 saturated heterocycles. The van der Waals surface area contributed by atoms with Crippen molar-refractivity contribution in [2.24, 2.45) is 5.41 Å². The van der Waals surface area contributed by atoms with Gasteiger partial charge in [0.05, 0.1) is 6.61 Å². The van der Waals surface area contributed by atoms with Crippen LogP contribution in [0.15, 0.2) is 65.6 Å². The lowest BCUT2D eigenvalue weighted by molar-refractivity contribution is -0.131. The van der Waals surface area contributed by atoms with E-state index < -0.39 is 23.6 Å². The van der Waals surface area contributed by atoms with E-state index in [1.165, 1.54) is 0 Å². The van der Waals surface area contributed by atoms with E-state index >= 15 is 0 Å². The molecular weight excluding hydrogens is 442 g/mol. The van der Waals surface area contributed by atoms with Crippen LogP contribution in [0.25, 0.3) is 0 Å². The first-order valence-corrected chi connectivity index (χ1v) is 11.8. The van der Waals surface area contributed by atoms with Gasteiger partial charge in [-0.15, -0.1) is 11.8 Å². The van der Waals surface area contributed by atoms with Crippen LogP contribution in [-0.2, 0) is 9.53 Å². The summed E-state index contributed by atoms with van der Waals surface area (Å²) in [5.74, 6) is -0.439. The summed E-state index contributed by atoms with van der Waals surface area (Å²) < 4.78 is 11.4. The normalized spacial score (nSPS) is 12.4. The maximum Gasteiger partial charge on any atom is 0.412 e. The molecule has 0 saturated carbocycles. The zero-order chi connectivity index (χ0) is 24.3. The molecule has 2 rings (SSSR count). The summed E-state index contributed by atoms with van der Waals surface area (Å²) in [5, 5.41) is 20.6. The number of thioether (sulfide) groups is 1. The molecule has 7 nitrogen and oxygen atoms in total. The largest absolute Gasteiger partial charge is 0.491 e. The van der Waals surface area contributed by atoms with Gasteiger partial charge in [0.25, 0.3) is 0 Å². The highest BCUT2D eigenvalue weighted by Crippen LogP contribution is 2.41. The van der Waals surface area contributed by atoms with Gasteiger partial charge in [0.1, 0.15) is 18.5 Å². The second kappa shape index (κ2) is 12.9. The number of aliphatic hydroxyl groups excluding tert-OH is 1. The maximum absolute atomic E-state index is 12.8. The molecule has 0 bridgehead atoms. The molecular formula is C25H31NO6S. The second-order valence-electron chi connectivity index (χ2n) is 8.05. The number of carboxylic acids is 1. The number of anilines is 1. The predicted octanol–water partition coefficient (Wildman–Crippen LogP) is 5.52. The minimum atomic E-state index is -0.999. The quantitative estimate of drug-likeness (QED) is 0.275.